The molecule has 0 N–H and O–H groups in total. The van der Waals surface area contributed by atoms with E-state index < -0.39 is 6.04 Å². The molecule has 0 spiro atoms. The monoisotopic (exact) mass is 303 g/mol. The minimum atomic E-state index is -0.582. The molecule has 0 radical (unpaired) electrons. The van der Waals surface area contributed by atoms with Crippen molar-refractivity contribution in [3.8, 4) is 0 Å². The lowest BCUT2D eigenvalue weighted by Crippen LogP contribution is -2.62. The molecule has 1 atom stereocenters. The largest absolute Gasteiger partial charge is 0.421 e. The Labute approximate surface area is 128 Å². The Balaban J connectivity index is 2.12. The first kappa shape index (κ1) is 14.4. The van der Waals surface area contributed by atoms with Crippen LogP contribution in [0, 0.1) is 13.8 Å². The highest BCUT2D eigenvalue weighted by atomic mass is 16.2. The number of aromatic nitrogens is 2. The molecule has 3 amide bonds. The fraction of sp³-hybridized carbons (Fsp3) is 0.500. The van der Waals surface area contributed by atoms with E-state index in [4.69, 9.17) is 0 Å². The summed E-state index contributed by atoms with van der Waals surface area (Å²) in [5.74, 6) is 0.754. The van der Waals surface area contributed by atoms with E-state index in [0.29, 0.717) is 18.3 Å². The van der Waals surface area contributed by atoms with E-state index in [1.54, 1.807) is 30.3 Å². The summed E-state index contributed by atoms with van der Waals surface area (Å²) in [6.45, 7) is 5.96. The number of aryl methyl sites for hydroxylation is 2. The number of fused-ring (bicyclic) bond motifs is 1. The van der Waals surface area contributed by atoms with Gasteiger partial charge in [-0.1, -0.05) is 4.99 Å². The van der Waals surface area contributed by atoms with Crippen LogP contribution in [-0.4, -0.2) is 74.6 Å². The molecule has 2 aliphatic rings. The summed E-state index contributed by atoms with van der Waals surface area (Å²) >= 11 is 0. The number of amidine groups is 1. The van der Waals surface area contributed by atoms with Crippen LogP contribution < -0.4 is 0 Å². The maximum absolute atomic E-state index is 12.6. The molecule has 1 saturated heterocycles. The van der Waals surface area contributed by atoms with Crippen LogP contribution in [0.3, 0.4) is 0 Å². The minimum Gasteiger partial charge on any atom is -0.270 e. The molecule has 116 valence electrons. The van der Waals surface area contributed by atoms with Gasteiger partial charge >= 0.3 is 12.0 Å². The number of amides is 3. The van der Waals surface area contributed by atoms with E-state index in [0.717, 1.165) is 11.4 Å². The first-order valence-electron chi connectivity index (χ1n) is 7.17. The Bertz CT molecular complexity index is 745. The third-order valence-electron chi connectivity index (χ3n) is 4.04. The molecule has 1 aromatic rings. The number of nitrogens with zero attached hydrogens (tertiary/aromatic N) is 6. The van der Waals surface area contributed by atoms with Crippen LogP contribution in [0.1, 0.15) is 18.3 Å². The number of carbonyl (C=O) groups is 2. The molecule has 1 aromatic heterocycles. The molecule has 1 unspecified atom stereocenters. The highest BCUT2D eigenvalue weighted by molar-refractivity contribution is 6.22. The molecular weight excluding hydrogens is 284 g/mol. The Morgan fingerprint density at radius 2 is 2.00 bits per heavy atom. The smallest absolute Gasteiger partial charge is 0.270 e. The standard InChI is InChI=1S/C14H19N6O2/c1-6-19-12(21)10-11(18(5)14(19)22)15-13(17(10)4)20-9(3)7-8(2)16-20/h7,10H,6H2,1-5H3/q+1. The fourth-order valence-electron chi connectivity index (χ4n) is 2.91. The lowest BCUT2D eigenvalue weighted by Gasteiger charge is -2.32. The van der Waals surface area contributed by atoms with Crippen molar-refractivity contribution in [2.45, 2.75) is 26.8 Å². The third kappa shape index (κ3) is 1.79. The van der Waals surface area contributed by atoms with Crippen molar-refractivity contribution in [3.63, 3.8) is 0 Å². The molecule has 0 aliphatic carbocycles. The van der Waals surface area contributed by atoms with Crippen molar-refractivity contribution in [2.24, 2.45) is 4.99 Å². The van der Waals surface area contributed by atoms with Crippen molar-refractivity contribution in [1.82, 2.24) is 19.6 Å². The number of likely N-dealkylation sites (N-methyl/N-ethyl adjacent to an activating group) is 3. The van der Waals surface area contributed by atoms with E-state index in [1.807, 2.05) is 19.9 Å². The highest BCUT2D eigenvalue weighted by Crippen LogP contribution is 2.19. The zero-order valence-corrected chi connectivity index (χ0v) is 13.4. The van der Waals surface area contributed by atoms with Gasteiger partial charge in [0.15, 0.2) is 0 Å². The molecule has 1 fully saturated rings. The number of urea groups is 1. The summed E-state index contributed by atoms with van der Waals surface area (Å²) in [5, 5.41) is 4.41. The van der Waals surface area contributed by atoms with Crippen LogP contribution >= 0.6 is 0 Å². The van der Waals surface area contributed by atoms with Gasteiger partial charge in [0.05, 0.1) is 12.7 Å². The average molecular weight is 303 g/mol. The summed E-state index contributed by atoms with van der Waals surface area (Å²) in [5.41, 5.74) is 1.80. The van der Waals surface area contributed by atoms with E-state index in [1.165, 1.54) is 9.80 Å². The maximum Gasteiger partial charge on any atom is 0.421 e. The van der Waals surface area contributed by atoms with E-state index in [-0.39, 0.29) is 11.9 Å². The molecule has 22 heavy (non-hydrogen) atoms. The van der Waals surface area contributed by atoms with Gasteiger partial charge in [-0.25, -0.2) is 9.37 Å². The van der Waals surface area contributed by atoms with Crippen LogP contribution in [0.2, 0.25) is 0 Å². The number of hydrogen-bond acceptors (Lipinski definition) is 4. The normalized spacial score (nSPS) is 21.7. The molecule has 0 bridgehead atoms. The molecule has 0 aromatic carbocycles. The van der Waals surface area contributed by atoms with Gasteiger partial charge in [0.2, 0.25) is 11.9 Å². The predicted octanol–water partition coefficient (Wildman–Crippen LogP) is 0.0409. The second-order valence-electron chi connectivity index (χ2n) is 5.55. The van der Waals surface area contributed by atoms with Crippen molar-refractivity contribution in [2.75, 3.05) is 20.6 Å². The van der Waals surface area contributed by atoms with Crippen molar-refractivity contribution < 1.29 is 14.2 Å². The molecule has 0 saturated carbocycles. The van der Waals surface area contributed by atoms with Gasteiger partial charge in [0.1, 0.15) is 5.69 Å². The number of rotatable bonds is 1. The maximum atomic E-state index is 12.6. The van der Waals surface area contributed by atoms with Gasteiger partial charge < -0.3 is 0 Å². The van der Waals surface area contributed by atoms with Gasteiger partial charge in [-0.3, -0.25) is 14.6 Å². The molecule has 8 heteroatoms. The first-order chi connectivity index (χ1) is 10.4. The van der Waals surface area contributed by atoms with Crippen LogP contribution in [0.5, 0.6) is 0 Å². The SMILES string of the molecule is CCN1C(=O)C2C(=NC(n3nc(C)cc3C)=[N+]2C)N(C)C1=O. The zero-order chi connectivity index (χ0) is 16.2. The summed E-state index contributed by atoms with van der Waals surface area (Å²) in [6.07, 6.45) is 0. The van der Waals surface area contributed by atoms with Gasteiger partial charge in [-0.05, 0) is 26.8 Å². The van der Waals surface area contributed by atoms with Crippen LogP contribution in [0.4, 0.5) is 4.79 Å². The lowest BCUT2D eigenvalue weighted by atomic mass is 10.1. The predicted molar refractivity (Wildman–Crippen MR) is 80.1 cm³/mol. The molecule has 8 nitrogen and oxygen atoms in total. The number of imide groups is 1. The summed E-state index contributed by atoms with van der Waals surface area (Å²) in [7, 11) is 3.43. The van der Waals surface area contributed by atoms with Crippen LogP contribution in [-0.2, 0) is 4.79 Å². The number of carbonyl (C=O) groups excluding carboxylic acids is 2. The van der Waals surface area contributed by atoms with E-state index >= 15 is 0 Å². The lowest BCUT2D eigenvalue weighted by molar-refractivity contribution is -0.507. The Hall–Kier alpha value is -2.51. The Morgan fingerprint density at radius 1 is 1.32 bits per heavy atom. The minimum absolute atomic E-state index is 0.247. The Kier molecular flexibility index (Phi) is 3.12. The van der Waals surface area contributed by atoms with Crippen LogP contribution in [0.25, 0.3) is 0 Å². The van der Waals surface area contributed by atoms with Crippen LogP contribution in [0.15, 0.2) is 11.1 Å². The molecule has 3 rings (SSSR count). The average Bonchev–Trinajstić information content (AvgIpc) is 2.97. The van der Waals surface area contributed by atoms with Crippen molar-refractivity contribution >= 4 is 23.7 Å². The van der Waals surface area contributed by atoms with Gasteiger partial charge in [0, 0.05) is 13.6 Å². The van der Waals surface area contributed by atoms with E-state index in [2.05, 4.69) is 10.1 Å². The highest BCUT2D eigenvalue weighted by Gasteiger charge is 2.51. The quantitative estimate of drug-likeness (QED) is 0.688. The summed E-state index contributed by atoms with van der Waals surface area (Å²) < 4.78 is 3.46. The molecular formula is C14H19N6O2+. The van der Waals surface area contributed by atoms with Crippen molar-refractivity contribution in [1.29, 1.82) is 0 Å². The Morgan fingerprint density at radius 3 is 2.55 bits per heavy atom. The third-order valence-corrected chi connectivity index (χ3v) is 4.04. The molecule has 2 aliphatic heterocycles. The van der Waals surface area contributed by atoms with Gasteiger partial charge in [-0.15, -0.1) is 9.78 Å². The van der Waals surface area contributed by atoms with Gasteiger partial charge in [-0.2, -0.15) is 0 Å². The summed E-state index contributed by atoms with van der Waals surface area (Å²) in [4.78, 5) is 32.0. The fourth-order valence-corrected chi connectivity index (χ4v) is 2.91. The van der Waals surface area contributed by atoms with Gasteiger partial charge in [0.25, 0.3) is 5.91 Å². The second kappa shape index (κ2) is 4.75. The summed E-state index contributed by atoms with van der Waals surface area (Å²) in [6, 6.07) is 1.02. The number of hydrogen-bond donors (Lipinski definition) is 0. The first-order valence-corrected chi connectivity index (χ1v) is 7.17. The topological polar surface area (TPSA) is 73.8 Å². The van der Waals surface area contributed by atoms with Crippen molar-refractivity contribution in [3.05, 3.63) is 17.5 Å². The zero-order valence-electron chi connectivity index (χ0n) is 13.4. The molecule has 3 heterocycles. The second-order valence-corrected chi connectivity index (χ2v) is 5.55. The number of aliphatic imine (C=N–C) groups is 1. The van der Waals surface area contributed by atoms with E-state index in [9.17, 15) is 9.59 Å².